The first-order chi connectivity index (χ1) is 32.1. The monoisotopic (exact) mass is 937 g/mol. The van der Waals surface area contributed by atoms with Gasteiger partial charge in [-0.3, -0.25) is 24.7 Å². The molecule has 5 aliphatic rings. The number of nitro benzene ring substituents is 1. The minimum Gasteiger partial charge on any atom is -0.491 e. The Morgan fingerprint density at radius 2 is 1.70 bits per heavy atom. The number of aliphatic hydroxyl groups is 1. The van der Waals surface area contributed by atoms with Crippen LogP contribution in [-0.2, 0) is 16.6 Å². The van der Waals surface area contributed by atoms with Gasteiger partial charge < -0.3 is 29.5 Å². The normalized spacial score (nSPS) is 23.4. The number of ether oxygens (including phenoxy) is 3. The highest BCUT2D eigenvalue weighted by molar-refractivity contribution is 7.90. The third-order valence-electron chi connectivity index (χ3n) is 14.6. The standard InChI is InChI=1S/C50H63N7O9S/c1-34(2)66-45-7-5-4-6-41(45)44-33-54(32-36-26-46-48(52-31-36)65-25-24-64-46)22-23-56(44)39-28-50(29-39)18-20-55(21-19-50)38-10-8-37(9-11-38)47(58)53-67(62,63)40-12-13-42(43(27-40)57(60)61)51-30-35-14-16-49(3,59)17-15-35/h4-13,26-27,31,34-35,39,44,51,59H,14-25,28-30,32-33H2,1-3H3,(H,53,58)/t35?,44-,49?/m1/s1. The Bertz CT molecular complexity index is 2530. The van der Waals surface area contributed by atoms with Gasteiger partial charge in [0.05, 0.1) is 27.6 Å². The number of sulfonamides is 1. The third-order valence-corrected chi connectivity index (χ3v) is 15.9. The Labute approximate surface area is 393 Å². The molecule has 1 aromatic heterocycles. The lowest BCUT2D eigenvalue weighted by atomic mass is 9.59. The molecule has 3 aromatic carbocycles. The number of carbonyl (C=O) groups excluding carboxylic acids is 1. The van der Waals surface area contributed by atoms with E-state index in [4.69, 9.17) is 14.2 Å². The predicted octanol–water partition coefficient (Wildman–Crippen LogP) is 7.33. The average molecular weight is 938 g/mol. The van der Waals surface area contributed by atoms with Crippen LogP contribution in [0, 0.1) is 21.4 Å². The fourth-order valence-corrected chi connectivity index (χ4v) is 11.8. The van der Waals surface area contributed by atoms with Gasteiger partial charge in [0.2, 0.25) is 0 Å². The number of benzene rings is 3. The van der Waals surface area contributed by atoms with Crippen LogP contribution < -0.4 is 29.1 Å². The number of fused-ring (bicyclic) bond motifs is 1. The van der Waals surface area contributed by atoms with Crippen LogP contribution in [0.2, 0.25) is 0 Å². The van der Waals surface area contributed by atoms with E-state index < -0.39 is 32.1 Å². The van der Waals surface area contributed by atoms with E-state index in [2.05, 4.69) is 73.9 Å². The summed E-state index contributed by atoms with van der Waals surface area (Å²) in [7, 11) is -4.42. The van der Waals surface area contributed by atoms with Crippen LogP contribution in [0.1, 0.15) is 99.7 Å². The van der Waals surface area contributed by atoms with Crippen LogP contribution in [-0.4, -0.2) is 109 Å². The first-order valence-corrected chi connectivity index (χ1v) is 25.3. The first kappa shape index (κ1) is 46.6. The Morgan fingerprint density at radius 1 is 0.970 bits per heavy atom. The number of aromatic nitrogens is 1. The van der Waals surface area contributed by atoms with Gasteiger partial charge in [0.1, 0.15) is 24.7 Å². The van der Waals surface area contributed by atoms with Gasteiger partial charge in [0, 0.05) is 80.9 Å². The minimum atomic E-state index is -4.42. The lowest BCUT2D eigenvalue weighted by molar-refractivity contribution is -0.384. The molecule has 4 aromatic rings. The van der Waals surface area contributed by atoms with E-state index in [0.29, 0.717) is 50.3 Å². The van der Waals surface area contributed by atoms with E-state index >= 15 is 0 Å². The Hall–Kier alpha value is -5.49. The predicted molar refractivity (Wildman–Crippen MR) is 254 cm³/mol. The van der Waals surface area contributed by atoms with Crippen molar-refractivity contribution < 1.29 is 37.5 Å². The zero-order valence-electron chi connectivity index (χ0n) is 38.7. The van der Waals surface area contributed by atoms with Crippen molar-refractivity contribution in [3.8, 4) is 17.4 Å². The molecule has 0 bridgehead atoms. The van der Waals surface area contributed by atoms with Gasteiger partial charge >= 0.3 is 0 Å². The summed E-state index contributed by atoms with van der Waals surface area (Å²) in [6.45, 7) is 12.7. The number of piperazine rings is 1. The quantitative estimate of drug-likeness (QED) is 0.0842. The third kappa shape index (κ3) is 10.6. The number of nitrogens with one attached hydrogen (secondary N) is 2. The summed E-state index contributed by atoms with van der Waals surface area (Å²) in [5, 5.41) is 25.4. The zero-order valence-corrected chi connectivity index (χ0v) is 39.5. The maximum Gasteiger partial charge on any atom is 0.293 e. The van der Waals surface area contributed by atoms with Gasteiger partial charge in [0.25, 0.3) is 27.5 Å². The molecule has 17 heteroatoms. The molecule has 9 rings (SSSR count). The van der Waals surface area contributed by atoms with Gasteiger partial charge in [-0.25, -0.2) is 18.1 Å². The Balaban J connectivity index is 0.795. The summed E-state index contributed by atoms with van der Waals surface area (Å²) in [5.41, 5.74) is 2.84. The fourth-order valence-electron chi connectivity index (χ4n) is 10.8. The number of anilines is 2. The highest BCUT2D eigenvalue weighted by Gasteiger charge is 2.50. The number of hydrogen-bond acceptors (Lipinski definition) is 14. The molecule has 4 fully saturated rings. The molecule has 3 aliphatic heterocycles. The second-order valence-corrected chi connectivity index (χ2v) is 21.5. The van der Waals surface area contributed by atoms with Crippen molar-refractivity contribution in [1.82, 2.24) is 19.5 Å². The number of nitro groups is 1. The summed E-state index contributed by atoms with van der Waals surface area (Å²) >= 11 is 0. The molecule has 1 atom stereocenters. The maximum atomic E-state index is 13.3. The van der Waals surface area contributed by atoms with Crippen molar-refractivity contribution in [3.63, 3.8) is 0 Å². The lowest BCUT2D eigenvalue weighted by Crippen LogP contribution is -2.59. The molecule has 2 aliphatic carbocycles. The van der Waals surface area contributed by atoms with Crippen molar-refractivity contribution >= 4 is 33.0 Å². The van der Waals surface area contributed by atoms with Crippen molar-refractivity contribution in [2.24, 2.45) is 11.3 Å². The lowest BCUT2D eigenvalue weighted by Gasteiger charge is -2.58. The molecule has 67 heavy (non-hydrogen) atoms. The highest BCUT2D eigenvalue weighted by Crippen LogP contribution is 2.53. The van der Waals surface area contributed by atoms with E-state index in [0.717, 1.165) is 101 Å². The molecular formula is C50H63N7O9S. The number of carbonyl (C=O) groups is 1. The van der Waals surface area contributed by atoms with E-state index in [1.165, 1.54) is 17.7 Å². The van der Waals surface area contributed by atoms with Gasteiger partial charge in [0.15, 0.2) is 5.75 Å². The number of hydrogen-bond donors (Lipinski definition) is 3. The van der Waals surface area contributed by atoms with Gasteiger partial charge in [-0.15, -0.1) is 0 Å². The number of piperidine rings is 1. The Morgan fingerprint density at radius 3 is 2.43 bits per heavy atom. The topological polar surface area (TPSA) is 189 Å². The van der Waals surface area contributed by atoms with Crippen molar-refractivity contribution in [3.05, 3.63) is 106 Å². The van der Waals surface area contributed by atoms with Crippen molar-refractivity contribution in [2.45, 2.75) is 107 Å². The van der Waals surface area contributed by atoms with E-state index in [1.54, 1.807) is 12.1 Å². The van der Waals surface area contributed by atoms with Crippen LogP contribution in [0.5, 0.6) is 17.4 Å². The molecular weight excluding hydrogens is 875 g/mol. The molecule has 2 saturated heterocycles. The maximum absolute atomic E-state index is 13.3. The summed E-state index contributed by atoms with van der Waals surface area (Å²) in [6.07, 6.45) is 9.21. The van der Waals surface area contributed by atoms with Crippen LogP contribution in [0.25, 0.3) is 0 Å². The molecule has 0 unspecified atom stereocenters. The second-order valence-electron chi connectivity index (χ2n) is 19.8. The van der Waals surface area contributed by atoms with Crippen LogP contribution in [0.4, 0.5) is 17.1 Å². The summed E-state index contributed by atoms with van der Waals surface area (Å²) in [4.78, 5) is 36.3. The second kappa shape index (κ2) is 19.2. The van der Waals surface area contributed by atoms with Crippen LogP contribution >= 0.6 is 0 Å². The summed E-state index contributed by atoms with van der Waals surface area (Å²) in [5.74, 6) is 1.62. The molecule has 1 amide bonds. The van der Waals surface area contributed by atoms with Crippen molar-refractivity contribution in [1.29, 1.82) is 0 Å². The Kier molecular flexibility index (Phi) is 13.4. The van der Waals surface area contributed by atoms with E-state index in [1.807, 2.05) is 25.3 Å². The molecule has 1 spiro atoms. The SMILES string of the molecule is CC(C)Oc1ccccc1[C@H]1CN(Cc2cnc3c(c2)OCCO3)CCN1C1CC2(CCN(c3ccc(C(=O)NS(=O)(=O)c4ccc(NCC5CCC(C)(O)CC5)c([N+](=O)[O-])c4)cc3)CC2)C1. The van der Waals surface area contributed by atoms with Gasteiger partial charge in [-0.05, 0) is 138 Å². The highest BCUT2D eigenvalue weighted by atomic mass is 32.2. The molecule has 16 nitrogen and oxygen atoms in total. The zero-order chi connectivity index (χ0) is 46.9. The largest absolute Gasteiger partial charge is 0.491 e. The van der Waals surface area contributed by atoms with E-state index in [9.17, 15) is 28.4 Å². The molecule has 2 saturated carbocycles. The number of para-hydroxylation sites is 1. The number of amides is 1. The van der Waals surface area contributed by atoms with Gasteiger partial charge in [-0.2, -0.15) is 0 Å². The van der Waals surface area contributed by atoms with Crippen molar-refractivity contribution in [2.75, 3.05) is 62.7 Å². The fraction of sp³-hybridized carbons (Fsp3) is 0.520. The first-order valence-electron chi connectivity index (χ1n) is 23.8. The minimum absolute atomic E-state index is 0.0588. The number of rotatable bonds is 14. The molecule has 0 radical (unpaired) electrons. The number of nitrogens with zero attached hydrogens (tertiary/aromatic N) is 5. The van der Waals surface area contributed by atoms with Crippen LogP contribution in [0.3, 0.4) is 0 Å². The summed E-state index contributed by atoms with van der Waals surface area (Å²) in [6, 6.07) is 21.7. The molecule has 4 heterocycles. The molecule has 358 valence electrons. The average Bonchev–Trinajstić information content (AvgIpc) is 3.30. The summed E-state index contributed by atoms with van der Waals surface area (Å²) < 4.78 is 46.7. The van der Waals surface area contributed by atoms with E-state index in [-0.39, 0.29) is 39.6 Å². The molecule has 3 N–H and O–H groups in total. The van der Waals surface area contributed by atoms with Gasteiger partial charge in [-0.1, -0.05) is 18.2 Å². The van der Waals surface area contributed by atoms with Crippen LogP contribution in [0.15, 0.2) is 83.9 Å². The smallest absolute Gasteiger partial charge is 0.293 e. The number of pyridine rings is 1.